The lowest BCUT2D eigenvalue weighted by Crippen LogP contribution is -2.27. The Hall–Kier alpha value is -2.40. The van der Waals surface area contributed by atoms with Gasteiger partial charge >= 0.3 is 0 Å². The first kappa shape index (κ1) is 15.1. The molecule has 0 unspecified atom stereocenters. The number of nitrogens with one attached hydrogen (secondary N) is 1. The predicted molar refractivity (Wildman–Crippen MR) is 89.6 cm³/mol. The molecular weight excluding hydrogens is 307 g/mol. The molecule has 1 aromatic carbocycles. The molecule has 4 rings (SSSR count). The quantitative estimate of drug-likeness (QED) is 0.787. The minimum Gasteiger partial charge on any atom is -0.473 e. The number of piperidine rings is 1. The second-order valence-electron chi connectivity index (χ2n) is 6.12. The van der Waals surface area contributed by atoms with Crippen LogP contribution in [0.15, 0.2) is 47.1 Å². The first-order valence-electron chi connectivity index (χ1n) is 8.26. The van der Waals surface area contributed by atoms with Crippen LogP contribution in [0.25, 0.3) is 11.0 Å². The van der Waals surface area contributed by atoms with E-state index in [9.17, 15) is 4.39 Å². The number of aromatic nitrogens is 1. The third kappa shape index (κ3) is 3.12. The fourth-order valence-corrected chi connectivity index (χ4v) is 3.15. The molecule has 0 amide bonds. The molecular formula is C19H19FN2O2. The van der Waals surface area contributed by atoms with Crippen molar-refractivity contribution in [3.8, 4) is 5.88 Å². The summed E-state index contributed by atoms with van der Waals surface area (Å²) in [4.78, 5) is 4.60. The molecule has 5 heteroatoms. The average molecular weight is 326 g/mol. The van der Waals surface area contributed by atoms with Crippen molar-refractivity contribution < 1.29 is 13.5 Å². The number of halogens is 1. The van der Waals surface area contributed by atoms with Crippen molar-refractivity contribution in [3.63, 3.8) is 0 Å². The molecule has 0 atom stereocenters. The number of hydrogen-bond donors (Lipinski definition) is 1. The number of hydrogen-bond acceptors (Lipinski definition) is 4. The minimum absolute atomic E-state index is 0.148. The van der Waals surface area contributed by atoms with Gasteiger partial charge in [0, 0.05) is 34.7 Å². The van der Waals surface area contributed by atoms with Gasteiger partial charge in [-0.3, -0.25) is 0 Å². The Morgan fingerprint density at radius 2 is 2.08 bits per heavy atom. The lowest BCUT2D eigenvalue weighted by atomic mass is 9.94. The van der Waals surface area contributed by atoms with E-state index in [-0.39, 0.29) is 12.4 Å². The van der Waals surface area contributed by atoms with Crippen LogP contribution in [-0.2, 0) is 6.61 Å². The zero-order valence-electron chi connectivity index (χ0n) is 13.3. The van der Waals surface area contributed by atoms with E-state index < -0.39 is 0 Å². The zero-order chi connectivity index (χ0) is 16.4. The van der Waals surface area contributed by atoms with Crippen LogP contribution in [0.4, 0.5) is 4.39 Å². The summed E-state index contributed by atoms with van der Waals surface area (Å²) in [6.45, 7) is 2.19. The predicted octanol–water partition coefficient (Wildman–Crippen LogP) is 4.01. The molecule has 1 N–H and O–H groups in total. The largest absolute Gasteiger partial charge is 0.473 e. The second-order valence-corrected chi connectivity index (χ2v) is 6.12. The van der Waals surface area contributed by atoms with Gasteiger partial charge in [-0.1, -0.05) is 6.07 Å². The van der Waals surface area contributed by atoms with Gasteiger partial charge in [-0.15, -0.1) is 0 Å². The maximum Gasteiger partial charge on any atom is 0.213 e. The van der Waals surface area contributed by atoms with E-state index >= 15 is 0 Å². The topological polar surface area (TPSA) is 47.3 Å². The summed E-state index contributed by atoms with van der Waals surface area (Å²) in [7, 11) is 0. The summed E-state index contributed by atoms with van der Waals surface area (Å²) >= 11 is 0. The molecule has 0 aliphatic carbocycles. The number of pyridine rings is 1. The van der Waals surface area contributed by atoms with Gasteiger partial charge in [0.05, 0.1) is 6.26 Å². The number of rotatable bonds is 4. The van der Waals surface area contributed by atoms with Crippen LogP contribution in [0, 0.1) is 5.82 Å². The van der Waals surface area contributed by atoms with E-state index in [0.29, 0.717) is 22.9 Å². The molecule has 0 radical (unpaired) electrons. The fraction of sp³-hybridized carbons (Fsp3) is 0.316. The molecule has 0 bridgehead atoms. The Morgan fingerprint density at radius 3 is 2.96 bits per heavy atom. The van der Waals surface area contributed by atoms with E-state index in [1.807, 2.05) is 24.3 Å². The Morgan fingerprint density at radius 1 is 1.21 bits per heavy atom. The van der Waals surface area contributed by atoms with Crippen molar-refractivity contribution in [1.82, 2.24) is 10.3 Å². The van der Waals surface area contributed by atoms with Crippen LogP contribution in [0.1, 0.15) is 30.0 Å². The van der Waals surface area contributed by atoms with Crippen molar-refractivity contribution in [2.45, 2.75) is 25.4 Å². The minimum atomic E-state index is -0.327. The number of fused-ring (bicyclic) bond motifs is 1. The van der Waals surface area contributed by atoms with Gasteiger partial charge in [-0.25, -0.2) is 9.37 Å². The van der Waals surface area contributed by atoms with Gasteiger partial charge < -0.3 is 14.5 Å². The smallest absolute Gasteiger partial charge is 0.213 e. The molecule has 3 heterocycles. The molecule has 1 aliphatic heterocycles. The summed E-state index contributed by atoms with van der Waals surface area (Å²) in [6.07, 6.45) is 3.73. The number of ether oxygens (including phenoxy) is 1. The lowest BCUT2D eigenvalue weighted by molar-refractivity contribution is 0.286. The molecule has 3 aromatic rings. The van der Waals surface area contributed by atoms with Crippen LogP contribution in [0.2, 0.25) is 0 Å². The van der Waals surface area contributed by atoms with E-state index in [1.165, 1.54) is 6.07 Å². The van der Waals surface area contributed by atoms with Gasteiger partial charge in [-0.05, 0) is 44.1 Å². The van der Waals surface area contributed by atoms with E-state index in [2.05, 4.69) is 10.3 Å². The second kappa shape index (κ2) is 6.61. The molecule has 24 heavy (non-hydrogen) atoms. The summed E-state index contributed by atoms with van der Waals surface area (Å²) in [6, 6.07) is 10.8. The van der Waals surface area contributed by atoms with Crippen LogP contribution in [0.5, 0.6) is 5.88 Å². The molecule has 124 valence electrons. The van der Waals surface area contributed by atoms with Crippen molar-refractivity contribution in [2.75, 3.05) is 13.1 Å². The van der Waals surface area contributed by atoms with E-state index in [1.54, 1.807) is 12.3 Å². The van der Waals surface area contributed by atoms with Gasteiger partial charge in [0.2, 0.25) is 5.88 Å². The monoisotopic (exact) mass is 326 g/mol. The summed E-state index contributed by atoms with van der Waals surface area (Å²) in [5, 5.41) is 4.22. The highest BCUT2D eigenvalue weighted by molar-refractivity contribution is 5.77. The van der Waals surface area contributed by atoms with Crippen LogP contribution in [0.3, 0.4) is 0 Å². The Kier molecular flexibility index (Phi) is 4.17. The van der Waals surface area contributed by atoms with Gasteiger partial charge in [-0.2, -0.15) is 0 Å². The van der Waals surface area contributed by atoms with Crippen LogP contribution >= 0.6 is 0 Å². The Labute approximate surface area is 139 Å². The molecule has 0 spiro atoms. The van der Waals surface area contributed by atoms with Crippen molar-refractivity contribution in [1.29, 1.82) is 0 Å². The third-order valence-electron chi connectivity index (χ3n) is 4.50. The number of benzene rings is 1. The van der Waals surface area contributed by atoms with Gasteiger partial charge in [0.15, 0.2) is 0 Å². The van der Waals surface area contributed by atoms with Crippen LogP contribution < -0.4 is 10.1 Å². The number of furan rings is 1. The lowest BCUT2D eigenvalue weighted by Gasteiger charge is -2.22. The fourth-order valence-electron chi connectivity index (χ4n) is 3.15. The maximum absolute atomic E-state index is 14.1. The van der Waals surface area contributed by atoms with Crippen LogP contribution in [-0.4, -0.2) is 18.1 Å². The van der Waals surface area contributed by atoms with E-state index in [0.717, 1.165) is 37.0 Å². The molecule has 0 saturated carbocycles. The summed E-state index contributed by atoms with van der Waals surface area (Å²) in [5.74, 6) is 0.679. The van der Waals surface area contributed by atoms with Gasteiger partial charge in [0.25, 0.3) is 0 Å². The zero-order valence-corrected chi connectivity index (χ0v) is 13.3. The number of nitrogens with zero attached hydrogens (tertiary/aromatic N) is 1. The molecule has 1 saturated heterocycles. The Bertz CT molecular complexity index is 840. The normalized spacial score (nSPS) is 15.7. The molecule has 1 fully saturated rings. The van der Waals surface area contributed by atoms with E-state index in [4.69, 9.17) is 9.15 Å². The van der Waals surface area contributed by atoms with Crippen molar-refractivity contribution >= 4 is 11.0 Å². The van der Waals surface area contributed by atoms with Gasteiger partial charge in [0.1, 0.15) is 18.0 Å². The highest BCUT2D eigenvalue weighted by Gasteiger charge is 2.17. The first-order chi connectivity index (χ1) is 11.8. The molecule has 1 aliphatic rings. The Balaban J connectivity index is 1.49. The average Bonchev–Trinajstić information content (AvgIpc) is 3.08. The standard InChI is InChI=1S/C19H19FN2O2/c20-16-11-18-14(6-9-23-18)10-15(16)12-24-19-3-1-2-17(22-19)13-4-7-21-8-5-13/h1-3,6,9-11,13,21H,4-5,7-8,12H2. The first-order valence-corrected chi connectivity index (χ1v) is 8.26. The maximum atomic E-state index is 14.1. The summed E-state index contributed by atoms with van der Waals surface area (Å²) in [5.41, 5.74) is 2.10. The molecule has 4 nitrogen and oxygen atoms in total. The highest BCUT2D eigenvalue weighted by Crippen LogP contribution is 2.26. The third-order valence-corrected chi connectivity index (χ3v) is 4.50. The highest BCUT2D eigenvalue weighted by atomic mass is 19.1. The molecule has 2 aromatic heterocycles. The van der Waals surface area contributed by atoms with Crippen molar-refractivity contribution in [3.05, 3.63) is 59.7 Å². The van der Waals surface area contributed by atoms with Crippen molar-refractivity contribution in [2.24, 2.45) is 0 Å². The summed E-state index contributed by atoms with van der Waals surface area (Å²) < 4.78 is 25.0. The SMILES string of the molecule is Fc1cc2occc2cc1COc1cccc(C2CCNCC2)n1.